The molecule has 3 aromatic rings. The van der Waals surface area contributed by atoms with Crippen LogP contribution in [0.3, 0.4) is 0 Å². The molecule has 0 saturated heterocycles. The number of nitrogens with zero attached hydrogens (tertiary/aromatic N) is 1. The third-order valence-electron chi connectivity index (χ3n) is 5.73. The monoisotopic (exact) mass is 505 g/mol. The molecule has 32 heavy (non-hydrogen) atoms. The van der Waals surface area contributed by atoms with Crippen molar-refractivity contribution in [2.24, 2.45) is 0 Å². The van der Waals surface area contributed by atoms with E-state index in [0.29, 0.717) is 41.1 Å². The highest BCUT2D eigenvalue weighted by molar-refractivity contribution is 7.91. The molecule has 0 fully saturated rings. The second-order valence-electron chi connectivity index (χ2n) is 7.97. The zero-order valence-electron chi connectivity index (χ0n) is 16.9. The normalized spacial score (nSPS) is 17.0. The Morgan fingerprint density at radius 3 is 2.62 bits per heavy atom. The lowest BCUT2D eigenvalue weighted by Gasteiger charge is -2.24. The summed E-state index contributed by atoms with van der Waals surface area (Å²) < 4.78 is 68.3. The highest BCUT2D eigenvalue weighted by Crippen LogP contribution is 2.46. The first-order valence-corrected chi connectivity index (χ1v) is 12.9. The number of carboxylic acid groups (broad SMARTS) is 1. The van der Waals surface area contributed by atoms with Crippen molar-refractivity contribution in [1.82, 2.24) is 4.57 Å². The van der Waals surface area contributed by atoms with Crippen molar-refractivity contribution in [3.05, 3.63) is 50.3 Å². The van der Waals surface area contributed by atoms with E-state index in [0.717, 1.165) is 17.2 Å². The van der Waals surface area contributed by atoms with Crippen molar-refractivity contribution in [2.45, 2.75) is 49.2 Å². The minimum Gasteiger partial charge on any atom is -0.481 e. The van der Waals surface area contributed by atoms with Gasteiger partial charge in [-0.15, -0.1) is 11.3 Å². The number of hydrogen-bond donors (Lipinski definition) is 1. The van der Waals surface area contributed by atoms with Crippen molar-refractivity contribution >= 4 is 49.6 Å². The summed E-state index contributed by atoms with van der Waals surface area (Å²) in [5.74, 6) is -1.45. The minimum absolute atomic E-state index is 0.0510. The van der Waals surface area contributed by atoms with Gasteiger partial charge in [-0.1, -0.05) is 11.6 Å². The van der Waals surface area contributed by atoms with Gasteiger partial charge in [0.05, 0.1) is 34.0 Å². The molecule has 0 radical (unpaired) electrons. The van der Waals surface area contributed by atoms with Gasteiger partial charge in [-0.05, 0) is 43.0 Å². The number of carbonyl (C=O) groups is 1. The van der Waals surface area contributed by atoms with Crippen molar-refractivity contribution < 1.29 is 31.5 Å². The third-order valence-corrected chi connectivity index (χ3v) is 8.16. The van der Waals surface area contributed by atoms with E-state index in [1.165, 1.54) is 17.4 Å². The van der Waals surface area contributed by atoms with E-state index in [4.69, 9.17) is 11.6 Å². The summed E-state index contributed by atoms with van der Waals surface area (Å²) in [4.78, 5) is 11.6. The molecule has 1 unspecified atom stereocenters. The van der Waals surface area contributed by atoms with Gasteiger partial charge in [0.25, 0.3) is 0 Å². The standard InChI is InChI=1S/C21H19ClF3NO4S2/c1-32(29,30)20-15(21(23,24)25)5-6-16-18(20)14-4-2-3-11(7-17(27)28)19(14)26(16)9-13-8-12(22)10-31-13/h5-6,8,10-11H,2-4,7,9H2,1H3,(H,27,28). The predicted molar refractivity (Wildman–Crippen MR) is 116 cm³/mol. The number of aromatic nitrogens is 1. The predicted octanol–water partition coefficient (Wildman–Crippen LogP) is 5.72. The number of hydrogen-bond acceptors (Lipinski definition) is 4. The fraction of sp³-hybridized carbons (Fsp3) is 0.381. The van der Waals surface area contributed by atoms with E-state index in [1.807, 2.05) is 0 Å². The van der Waals surface area contributed by atoms with Crippen LogP contribution in [0.15, 0.2) is 28.5 Å². The van der Waals surface area contributed by atoms with E-state index in [9.17, 15) is 31.5 Å². The van der Waals surface area contributed by atoms with Crippen molar-refractivity contribution in [3.8, 4) is 0 Å². The van der Waals surface area contributed by atoms with E-state index >= 15 is 0 Å². The maximum absolute atomic E-state index is 13.8. The summed E-state index contributed by atoms with van der Waals surface area (Å²) >= 11 is 7.41. The maximum atomic E-state index is 13.8. The fourth-order valence-electron chi connectivity index (χ4n) is 4.67. The molecule has 4 rings (SSSR count). The average molecular weight is 506 g/mol. The molecule has 0 bridgehead atoms. The number of carboxylic acids is 1. The van der Waals surface area contributed by atoms with Crippen LogP contribution in [-0.2, 0) is 33.8 Å². The smallest absolute Gasteiger partial charge is 0.417 e. The lowest BCUT2D eigenvalue weighted by atomic mass is 9.84. The molecule has 1 N–H and O–H groups in total. The van der Waals surface area contributed by atoms with Crippen molar-refractivity contribution in [2.75, 3.05) is 6.26 Å². The van der Waals surface area contributed by atoms with Crippen LogP contribution in [0.2, 0.25) is 5.02 Å². The highest BCUT2D eigenvalue weighted by Gasteiger charge is 2.40. The van der Waals surface area contributed by atoms with Crippen LogP contribution in [0.4, 0.5) is 13.2 Å². The average Bonchev–Trinajstić information content (AvgIpc) is 3.21. The second-order valence-corrected chi connectivity index (χ2v) is 11.4. The summed E-state index contributed by atoms with van der Waals surface area (Å²) in [6.45, 7) is 0.258. The number of benzene rings is 1. The lowest BCUT2D eigenvalue weighted by Crippen LogP contribution is -2.17. The number of fused-ring (bicyclic) bond motifs is 3. The van der Waals surface area contributed by atoms with Gasteiger partial charge < -0.3 is 9.67 Å². The highest BCUT2D eigenvalue weighted by atomic mass is 35.5. The SMILES string of the molecule is CS(=O)(=O)c1c(C(F)(F)F)ccc2c1c1c(n2Cc2cc(Cl)cs2)C(CC(=O)O)CCC1. The molecule has 1 aliphatic carbocycles. The number of halogens is 4. The fourth-order valence-corrected chi connectivity index (χ4v) is 6.91. The summed E-state index contributed by atoms with van der Waals surface area (Å²) in [7, 11) is -4.24. The summed E-state index contributed by atoms with van der Waals surface area (Å²) in [6, 6.07) is 3.83. The van der Waals surface area contributed by atoms with E-state index in [2.05, 4.69) is 0 Å². The Bertz CT molecular complexity index is 1320. The Hall–Kier alpha value is -2.04. The van der Waals surface area contributed by atoms with Crippen LogP contribution in [0.1, 0.15) is 46.9 Å². The van der Waals surface area contributed by atoms with Gasteiger partial charge in [-0.3, -0.25) is 4.79 Å². The van der Waals surface area contributed by atoms with E-state index in [-0.39, 0.29) is 18.4 Å². The van der Waals surface area contributed by atoms with E-state index < -0.39 is 38.4 Å². The molecule has 2 aromatic heterocycles. The Morgan fingerprint density at radius 1 is 1.34 bits per heavy atom. The molecule has 172 valence electrons. The third kappa shape index (κ3) is 4.15. The Kier molecular flexibility index (Phi) is 5.83. The van der Waals surface area contributed by atoms with Crippen LogP contribution in [0, 0.1) is 0 Å². The first-order valence-electron chi connectivity index (χ1n) is 9.78. The van der Waals surface area contributed by atoms with Gasteiger partial charge in [0, 0.05) is 33.5 Å². The summed E-state index contributed by atoms with van der Waals surface area (Å²) in [5.41, 5.74) is 0.242. The van der Waals surface area contributed by atoms with Crippen LogP contribution in [0.5, 0.6) is 0 Å². The number of thiophene rings is 1. The first-order chi connectivity index (χ1) is 14.9. The van der Waals surface area contributed by atoms with Crippen molar-refractivity contribution in [1.29, 1.82) is 0 Å². The Labute approximate surface area is 191 Å². The molecule has 0 spiro atoms. The zero-order chi connectivity index (χ0) is 23.4. The van der Waals surface area contributed by atoms with Crippen LogP contribution in [0.25, 0.3) is 10.9 Å². The molecule has 11 heteroatoms. The number of aliphatic carboxylic acids is 1. The van der Waals surface area contributed by atoms with Crippen molar-refractivity contribution in [3.63, 3.8) is 0 Å². The van der Waals surface area contributed by atoms with Gasteiger partial charge in [-0.2, -0.15) is 13.2 Å². The van der Waals surface area contributed by atoms with Gasteiger partial charge in [0.15, 0.2) is 9.84 Å². The maximum Gasteiger partial charge on any atom is 0.417 e. The van der Waals surface area contributed by atoms with E-state index in [1.54, 1.807) is 16.0 Å². The number of aryl methyl sites for hydroxylation is 1. The molecule has 1 atom stereocenters. The molecule has 5 nitrogen and oxygen atoms in total. The molecule has 0 aliphatic heterocycles. The number of rotatable bonds is 5. The quantitative estimate of drug-likeness (QED) is 0.481. The Balaban J connectivity index is 2.10. The van der Waals surface area contributed by atoms with Gasteiger partial charge >= 0.3 is 12.1 Å². The summed E-state index contributed by atoms with van der Waals surface area (Å²) in [6.07, 6.45) is -2.76. The molecule has 1 aliphatic rings. The zero-order valence-corrected chi connectivity index (χ0v) is 19.3. The second kappa shape index (κ2) is 8.07. The topological polar surface area (TPSA) is 76.4 Å². The number of alkyl halides is 3. The minimum atomic E-state index is -4.85. The molecule has 0 amide bonds. The largest absolute Gasteiger partial charge is 0.481 e. The first kappa shape index (κ1) is 23.1. The lowest BCUT2D eigenvalue weighted by molar-refractivity contribution is -0.140. The Morgan fingerprint density at radius 2 is 2.06 bits per heavy atom. The molecular formula is C21H19ClF3NO4S2. The van der Waals surface area contributed by atoms with Crippen LogP contribution < -0.4 is 0 Å². The van der Waals surface area contributed by atoms with Gasteiger partial charge in [0.2, 0.25) is 0 Å². The van der Waals surface area contributed by atoms with Gasteiger partial charge in [0.1, 0.15) is 0 Å². The molecule has 1 aromatic carbocycles. The summed E-state index contributed by atoms with van der Waals surface area (Å²) in [5, 5.41) is 11.7. The van der Waals surface area contributed by atoms with Gasteiger partial charge in [-0.25, -0.2) is 8.42 Å². The molecule has 0 saturated carbocycles. The molecule has 2 heterocycles. The van der Waals surface area contributed by atoms with Crippen LogP contribution >= 0.6 is 22.9 Å². The molecular weight excluding hydrogens is 487 g/mol. The number of sulfone groups is 1. The van der Waals surface area contributed by atoms with Crippen LogP contribution in [-0.4, -0.2) is 30.3 Å².